The second-order valence-electron chi connectivity index (χ2n) is 9.25. The van der Waals surface area contributed by atoms with E-state index in [-0.39, 0.29) is 0 Å². The summed E-state index contributed by atoms with van der Waals surface area (Å²) in [6.07, 6.45) is 17.6. The van der Waals surface area contributed by atoms with Gasteiger partial charge in [-0.25, -0.2) is 39.9 Å². The third kappa shape index (κ3) is 8.82. The Labute approximate surface area is 286 Å². The monoisotopic (exact) mass is 714 g/mol. The Morgan fingerprint density at radius 2 is 1.06 bits per heavy atom. The lowest BCUT2D eigenvalue weighted by Gasteiger charge is -2.01. The van der Waals surface area contributed by atoms with Gasteiger partial charge in [-0.05, 0) is 76.6 Å². The fourth-order valence-electron chi connectivity index (χ4n) is 3.96. The van der Waals surface area contributed by atoms with Crippen molar-refractivity contribution >= 4 is 38.6 Å². The second kappa shape index (κ2) is 16.2. The number of thiazole rings is 2. The summed E-state index contributed by atoms with van der Waals surface area (Å²) >= 11 is 6.51. The quantitative estimate of drug-likeness (QED) is 0.161. The molecule has 13 heteroatoms. The highest BCUT2D eigenvalue weighted by Crippen LogP contribution is 2.31. The molecule has 10 nitrogen and oxygen atoms in total. The summed E-state index contributed by atoms with van der Waals surface area (Å²) in [5, 5.41) is 3.91. The van der Waals surface area contributed by atoms with Crippen molar-refractivity contribution in [1.82, 2.24) is 49.8 Å². The van der Waals surface area contributed by atoms with Gasteiger partial charge in [-0.2, -0.15) is 0 Å². The first kappa shape index (κ1) is 31.5. The highest BCUT2D eigenvalue weighted by molar-refractivity contribution is 9.10. The lowest BCUT2D eigenvalue weighted by atomic mass is 10.2. The van der Waals surface area contributed by atoms with E-state index in [9.17, 15) is 0 Å². The molecule has 0 fully saturated rings. The molecule has 8 rings (SSSR count). The zero-order chi connectivity index (χ0) is 32.1. The van der Waals surface area contributed by atoms with E-state index in [2.05, 4.69) is 65.8 Å². The van der Waals surface area contributed by atoms with Crippen LogP contribution < -0.4 is 0 Å². The first-order chi connectivity index (χ1) is 23.2. The molecule has 0 aromatic carbocycles. The molecule has 0 aliphatic rings. The zero-order valence-electron chi connectivity index (χ0n) is 24.4. The lowest BCUT2D eigenvalue weighted by Crippen LogP contribution is -1.91. The Hall–Kier alpha value is -5.50. The molecule has 0 aliphatic heterocycles. The first-order valence-electron chi connectivity index (χ1n) is 14.0. The van der Waals surface area contributed by atoms with Gasteiger partial charge in [0.1, 0.15) is 26.0 Å². The molecule has 8 aromatic rings. The SMILES string of the molecule is Brc1cccc(-c2ncccn2)n1.c1cnc(-c2cccc(-c3cnc(-c4cccnc4)s3)n2)nc1.c1cncc(-c2nccs2)c1. The molecular formula is C34H23BrN10S2. The molecular weight excluding hydrogens is 692 g/mol. The molecule has 0 spiro atoms. The van der Waals surface area contributed by atoms with Crippen LogP contribution in [0.25, 0.3) is 54.7 Å². The molecule has 8 aromatic heterocycles. The molecule has 0 N–H and O–H groups in total. The van der Waals surface area contributed by atoms with Gasteiger partial charge in [0, 0.05) is 78.5 Å². The maximum absolute atomic E-state index is 4.65. The van der Waals surface area contributed by atoms with Crippen molar-refractivity contribution in [3.63, 3.8) is 0 Å². The maximum Gasteiger partial charge on any atom is 0.178 e. The summed E-state index contributed by atoms with van der Waals surface area (Å²) in [7, 11) is 0. The van der Waals surface area contributed by atoms with Gasteiger partial charge in [-0.3, -0.25) is 9.97 Å². The normalized spacial score (nSPS) is 10.2. The van der Waals surface area contributed by atoms with E-state index in [0.717, 1.165) is 47.7 Å². The van der Waals surface area contributed by atoms with Crippen molar-refractivity contribution in [3.05, 3.63) is 145 Å². The van der Waals surface area contributed by atoms with Gasteiger partial charge >= 0.3 is 0 Å². The number of hydrogen-bond donors (Lipinski definition) is 0. The Kier molecular flexibility index (Phi) is 10.8. The minimum absolute atomic E-state index is 0.617. The predicted octanol–water partition coefficient (Wildman–Crippen LogP) is 8.23. The van der Waals surface area contributed by atoms with Crippen LogP contribution in [0.5, 0.6) is 0 Å². The van der Waals surface area contributed by atoms with Gasteiger partial charge in [-0.15, -0.1) is 22.7 Å². The Morgan fingerprint density at radius 3 is 1.64 bits per heavy atom. The van der Waals surface area contributed by atoms with E-state index in [4.69, 9.17) is 0 Å². The smallest absolute Gasteiger partial charge is 0.178 e. The average molecular weight is 716 g/mol. The molecule has 228 valence electrons. The van der Waals surface area contributed by atoms with Gasteiger partial charge in [0.25, 0.3) is 0 Å². The van der Waals surface area contributed by atoms with E-state index in [1.54, 1.807) is 78.2 Å². The molecule has 0 bridgehead atoms. The summed E-state index contributed by atoms with van der Waals surface area (Å²) in [6.45, 7) is 0. The molecule has 0 radical (unpaired) electrons. The standard InChI is InChI=1S/C17H11N5S.C9H6BrN3.C8H6N2S/c1-5-13(22-14(6-1)16-19-8-3-9-20-16)15-11-21-17(23-15)12-4-2-7-18-10-12;10-8-4-1-3-7(13-8)9-11-5-2-6-12-9;1-2-7(6-9-3-1)8-10-4-5-11-8/h1-11H;1-6H;1-6H. The number of pyridine rings is 4. The molecule has 0 unspecified atom stereocenters. The van der Waals surface area contributed by atoms with Gasteiger partial charge in [-0.1, -0.05) is 12.1 Å². The molecule has 0 aliphatic carbocycles. The van der Waals surface area contributed by atoms with Crippen molar-refractivity contribution in [1.29, 1.82) is 0 Å². The van der Waals surface area contributed by atoms with E-state index in [0.29, 0.717) is 11.6 Å². The fraction of sp³-hybridized carbons (Fsp3) is 0. The van der Waals surface area contributed by atoms with Gasteiger partial charge in [0.15, 0.2) is 11.6 Å². The molecule has 47 heavy (non-hydrogen) atoms. The fourth-order valence-corrected chi connectivity index (χ4v) is 5.81. The molecule has 0 amide bonds. The van der Waals surface area contributed by atoms with Crippen molar-refractivity contribution in [2.24, 2.45) is 0 Å². The van der Waals surface area contributed by atoms with Crippen LogP contribution >= 0.6 is 38.6 Å². The summed E-state index contributed by atoms with van der Waals surface area (Å²) in [5.41, 5.74) is 4.48. The minimum atomic E-state index is 0.617. The third-order valence-electron chi connectivity index (χ3n) is 6.06. The van der Waals surface area contributed by atoms with E-state index in [1.165, 1.54) is 0 Å². The molecule has 0 saturated carbocycles. The van der Waals surface area contributed by atoms with Crippen LogP contribution in [0.15, 0.2) is 145 Å². The van der Waals surface area contributed by atoms with E-state index < -0.39 is 0 Å². The number of aromatic nitrogens is 10. The van der Waals surface area contributed by atoms with Crippen molar-refractivity contribution in [2.75, 3.05) is 0 Å². The topological polar surface area (TPSA) is 129 Å². The Bertz CT molecular complexity index is 2100. The first-order valence-corrected chi connectivity index (χ1v) is 16.5. The second-order valence-corrected chi connectivity index (χ2v) is 12.0. The summed E-state index contributed by atoms with van der Waals surface area (Å²) in [5.74, 6) is 1.26. The van der Waals surface area contributed by atoms with E-state index in [1.807, 2.05) is 84.6 Å². The van der Waals surface area contributed by atoms with Crippen LogP contribution in [0.2, 0.25) is 0 Å². The van der Waals surface area contributed by atoms with Gasteiger partial charge < -0.3 is 0 Å². The molecule has 0 atom stereocenters. The lowest BCUT2D eigenvalue weighted by molar-refractivity contribution is 1.13. The van der Waals surface area contributed by atoms with Crippen LogP contribution in [0.1, 0.15) is 0 Å². The summed E-state index contributed by atoms with van der Waals surface area (Å²) in [6, 6.07) is 22.9. The maximum atomic E-state index is 4.65. The van der Waals surface area contributed by atoms with Crippen molar-refractivity contribution in [2.45, 2.75) is 0 Å². The van der Waals surface area contributed by atoms with Gasteiger partial charge in [0.05, 0.1) is 10.6 Å². The number of rotatable bonds is 5. The summed E-state index contributed by atoms with van der Waals surface area (Å²) < 4.78 is 0.789. The van der Waals surface area contributed by atoms with E-state index >= 15 is 0 Å². The largest absolute Gasteiger partial charge is 0.264 e. The minimum Gasteiger partial charge on any atom is -0.264 e. The molecule has 8 heterocycles. The Morgan fingerprint density at radius 1 is 0.468 bits per heavy atom. The van der Waals surface area contributed by atoms with Crippen LogP contribution in [0.3, 0.4) is 0 Å². The van der Waals surface area contributed by atoms with Crippen molar-refractivity contribution in [3.8, 4) is 54.7 Å². The molecule has 0 saturated heterocycles. The van der Waals surface area contributed by atoms with Gasteiger partial charge in [0.2, 0.25) is 0 Å². The summed E-state index contributed by atoms with van der Waals surface area (Å²) in [4.78, 5) is 43.3. The zero-order valence-corrected chi connectivity index (χ0v) is 27.7. The Balaban J connectivity index is 0.000000136. The van der Waals surface area contributed by atoms with Crippen LogP contribution in [0.4, 0.5) is 0 Å². The van der Waals surface area contributed by atoms with Crippen LogP contribution in [-0.4, -0.2) is 49.8 Å². The highest BCUT2D eigenvalue weighted by Gasteiger charge is 2.10. The predicted molar refractivity (Wildman–Crippen MR) is 188 cm³/mol. The highest BCUT2D eigenvalue weighted by atomic mass is 79.9. The third-order valence-corrected chi connectivity index (χ3v) is 8.39. The number of nitrogens with zero attached hydrogens (tertiary/aromatic N) is 10. The number of halogens is 1. The van der Waals surface area contributed by atoms with Crippen molar-refractivity contribution < 1.29 is 0 Å². The van der Waals surface area contributed by atoms with Crippen LogP contribution in [0, 0.1) is 0 Å². The average Bonchev–Trinajstić information content (AvgIpc) is 3.88. The van der Waals surface area contributed by atoms with Crippen LogP contribution in [-0.2, 0) is 0 Å². The number of hydrogen-bond acceptors (Lipinski definition) is 12.